The van der Waals surface area contributed by atoms with Crippen molar-refractivity contribution in [2.24, 2.45) is 5.73 Å². The quantitative estimate of drug-likeness (QED) is 0.718. The summed E-state index contributed by atoms with van der Waals surface area (Å²) in [5.41, 5.74) is 6.58. The lowest BCUT2D eigenvalue weighted by Gasteiger charge is -2.30. The highest BCUT2D eigenvalue weighted by Crippen LogP contribution is 2.19. The van der Waals surface area contributed by atoms with Crippen molar-refractivity contribution in [1.29, 1.82) is 0 Å². The van der Waals surface area contributed by atoms with E-state index in [4.69, 9.17) is 18.0 Å². The van der Waals surface area contributed by atoms with Gasteiger partial charge in [-0.15, -0.1) is 0 Å². The fraction of sp³-hybridized carbons (Fsp3) is 0.467. The molecule has 3 N–H and O–H groups in total. The van der Waals surface area contributed by atoms with Gasteiger partial charge < -0.3 is 11.1 Å². The van der Waals surface area contributed by atoms with Gasteiger partial charge >= 0.3 is 0 Å². The van der Waals surface area contributed by atoms with Crippen LogP contribution in [0.15, 0.2) is 30.3 Å². The predicted molar refractivity (Wildman–Crippen MR) is 86.5 cm³/mol. The van der Waals surface area contributed by atoms with Crippen molar-refractivity contribution in [3.63, 3.8) is 0 Å². The molecule has 0 heterocycles. The smallest absolute Gasteiger partial charge is 0.226 e. The molecule has 1 aromatic carbocycles. The highest BCUT2D eigenvalue weighted by molar-refractivity contribution is 7.80. The summed E-state index contributed by atoms with van der Waals surface area (Å²) in [6.45, 7) is 6.67. The molecule has 0 aliphatic heterocycles. The summed E-state index contributed by atoms with van der Waals surface area (Å²) in [7, 11) is 0. The van der Waals surface area contributed by atoms with Crippen molar-refractivity contribution >= 4 is 23.1 Å². The molecule has 0 aliphatic carbocycles. The normalized spacial score (nSPS) is 12.2. The molecule has 0 spiro atoms. The second kappa shape index (κ2) is 8.66. The second-order valence-electron chi connectivity index (χ2n) is 4.59. The molecule has 20 heavy (non-hydrogen) atoms. The molecule has 1 unspecified atom stereocenters. The number of carbonyl (C=O) groups is 1. The molecule has 1 rings (SSSR count). The number of hydrogen-bond donors (Lipinski definition) is 2. The Morgan fingerprint density at radius 1 is 1.30 bits per heavy atom. The van der Waals surface area contributed by atoms with Crippen LogP contribution in [0.3, 0.4) is 0 Å². The van der Waals surface area contributed by atoms with Crippen molar-refractivity contribution in [2.75, 3.05) is 19.6 Å². The van der Waals surface area contributed by atoms with Crippen LogP contribution in [0.25, 0.3) is 0 Å². The molecule has 0 radical (unpaired) electrons. The number of rotatable bonds is 8. The van der Waals surface area contributed by atoms with Gasteiger partial charge in [0.25, 0.3) is 0 Å². The molecule has 0 bridgehead atoms. The van der Waals surface area contributed by atoms with Crippen molar-refractivity contribution in [1.82, 2.24) is 10.2 Å². The van der Waals surface area contributed by atoms with Gasteiger partial charge in [-0.3, -0.25) is 9.69 Å². The summed E-state index contributed by atoms with van der Waals surface area (Å²) >= 11 is 4.75. The molecule has 110 valence electrons. The van der Waals surface area contributed by atoms with Crippen molar-refractivity contribution in [3.05, 3.63) is 35.9 Å². The van der Waals surface area contributed by atoms with Gasteiger partial charge in [0.1, 0.15) is 0 Å². The zero-order chi connectivity index (χ0) is 15.0. The molecule has 0 fully saturated rings. The van der Waals surface area contributed by atoms with E-state index in [9.17, 15) is 4.79 Å². The first-order chi connectivity index (χ1) is 9.58. The third-order valence-electron chi connectivity index (χ3n) is 3.26. The summed E-state index contributed by atoms with van der Waals surface area (Å²) in [6.07, 6.45) is 0.106. The molecule has 0 aliphatic rings. The van der Waals surface area contributed by atoms with Gasteiger partial charge in [-0.1, -0.05) is 56.4 Å². The van der Waals surface area contributed by atoms with Crippen LogP contribution in [0.5, 0.6) is 0 Å². The maximum atomic E-state index is 11.7. The minimum absolute atomic E-state index is 0.106. The lowest BCUT2D eigenvalue weighted by atomic mass is 10.1. The van der Waals surface area contributed by atoms with Crippen LogP contribution in [0.4, 0.5) is 0 Å². The Balaban J connectivity index is 2.74. The molecule has 0 saturated carbocycles. The Bertz CT molecular complexity index is 432. The lowest BCUT2D eigenvalue weighted by molar-refractivity contribution is -0.120. The zero-order valence-electron chi connectivity index (χ0n) is 12.1. The molecular weight excluding hydrogens is 270 g/mol. The van der Waals surface area contributed by atoms with Crippen LogP contribution in [0.2, 0.25) is 0 Å². The monoisotopic (exact) mass is 293 g/mol. The number of nitrogens with zero attached hydrogens (tertiary/aromatic N) is 1. The Morgan fingerprint density at radius 3 is 2.40 bits per heavy atom. The standard InChI is InChI=1S/C15H23N3OS/c1-3-18(4-2)13(12-8-6-5-7-9-12)11-17-15(19)10-14(16)20/h5-9,13H,3-4,10-11H2,1-2H3,(H2,16,20)(H,17,19). The number of amides is 1. The topological polar surface area (TPSA) is 58.4 Å². The fourth-order valence-corrected chi connectivity index (χ4v) is 2.36. The lowest BCUT2D eigenvalue weighted by Crippen LogP contribution is -2.38. The van der Waals surface area contributed by atoms with E-state index in [0.29, 0.717) is 6.54 Å². The van der Waals surface area contributed by atoms with Gasteiger partial charge in [0, 0.05) is 6.54 Å². The second-order valence-corrected chi connectivity index (χ2v) is 5.12. The molecular formula is C15H23N3OS. The van der Waals surface area contributed by atoms with E-state index in [1.54, 1.807) is 0 Å². The fourth-order valence-electron chi connectivity index (χ4n) is 2.23. The van der Waals surface area contributed by atoms with Crippen LogP contribution in [-0.2, 0) is 4.79 Å². The van der Waals surface area contributed by atoms with Crippen molar-refractivity contribution < 1.29 is 4.79 Å². The van der Waals surface area contributed by atoms with Crippen molar-refractivity contribution in [2.45, 2.75) is 26.3 Å². The summed E-state index contributed by atoms with van der Waals surface area (Å²) < 4.78 is 0. The summed E-state index contributed by atoms with van der Waals surface area (Å²) in [6, 6.07) is 10.4. The summed E-state index contributed by atoms with van der Waals surface area (Å²) in [5.74, 6) is -0.120. The molecule has 5 heteroatoms. The number of hydrogen-bond acceptors (Lipinski definition) is 3. The number of carbonyl (C=O) groups excluding carboxylic acids is 1. The van der Waals surface area contributed by atoms with Crippen LogP contribution >= 0.6 is 12.2 Å². The Hall–Kier alpha value is -1.46. The van der Waals surface area contributed by atoms with Crippen LogP contribution < -0.4 is 11.1 Å². The number of nitrogens with one attached hydrogen (secondary N) is 1. The molecule has 1 amide bonds. The van der Waals surface area contributed by atoms with Crippen LogP contribution in [-0.4, -0.2) is 35.4 Å². The zero-order valence-corrected chi connectivity index (χ0v) is 13.0. The van der Waals surface area contributed by atoms with Gasteiger partial charge in [0.05, 0.1) is 17.5 Å². The maximum Gasteiger partial charge on any atom is 0.226 e. The van der Waals surface area contributed by atoms with E-state index in [-0.39, 0.29) is 23.4 Å². The third kappa shape index (κ3) is 5.27. The average Bonchev–Trinajstić information content (AvgIpc) is 2.43. The SMILES string of the molecule is CCN(CC)C(CNC(=O)CC(N)=S)c1ccccc1. The van der Waals surface area contributed by atoms with Crippen LogP contribution in [0, 0.1) is 0 Å². The predicted octanol–water partition coefficient (Wildman–Crippen LogP) is 1.86. The van der Waals surface area contributed by atoms with Gasteiger partial charge in [0.2, 0.25) is 5.91 Å². The van der Waals surface area contributed by atoms with Gasteiger partial charge in [-0.05, 0) is 18.7 Å². The highest BCUT2D eigenvalue weighted by atomic mass is 32.1. The maximum absolute atomic E-state index is 11.7. The molecule has 0 saturated heterocycles. The van der Waals surface area contributed by atoms with E-state index < -0.39 is 0 Å². The van der Waals surface area contributed by atoms with E-state index in [1.165, 1.54) is 5.56 Å². The molecule has 4 nitrogen and oxygen atoms in total. The Kier molecular flexibility index (Phi) is 7.18. The van der Waals surface area contributed by atoms with E-state index in [0.717, 1.165) is 13.1 Å². The van der Waals surface area contributed by atoms with Crippen LogP contribution in [0.1, 0.15) is 31.9 Å². The first-order valence-electron chi connectivity index (χ1n) is 6.92. The molecule has 0 aromatic heterocycles. The number of likely N-dealkylation sites (N-methyl/N-ethyl adjacent to an activating group) is 1. The van der Waals surface area contributed by atoms with Crippen molar-refractivity contribution in [3.8, 4) is 0 Å². The summed E-state index contributed by atoms with van der Waals surface area (Å²) in [5, 5.41) is 2.91. The average molecular weight is 293 g/mol. The van der Waals surface area contributed by atoms with Gasteiger partial charge in [-0.25, -0.2) is 0 Å². The largest absolute Gasteiger partial charge is 0.393 e. The van der Waals surface area contributed by atoms with Gasteiger partial charge in [0.15, 0.2) is 0 Å². The molecule has 1 atom stereocenters. The highest BCUT2D eigenvalue weighted by Gasteiger charge is 2.18. The summed E-state index contributed by atoms with van der Waals surface area (Å²) in [4.78, 5) is 14.2. The first kappa shape index (κ1) is 16.6. The minimum atomic E-state index is -0.120. The van der Waals surface area contributed by atoms with E-state index in [1.807, 2.05) is 18.2 Å². The number of thiocarbonyl (C=S) groups is 1. The van der Waals surface area contributed by atoms with Gasteiger partial charge in [-0.2, -0.15) is 0 Å². The van der Waals surface area contributed by atoms with E-state index >= 15 is 0 Å². The number of benzene rings is 1. The molecule has 1 aromatic rings. The Labute approximate surface area is 126 Å². The third-order valence-corrected chi connectivity index (χ3v) is 3.41. The Morgan fingerprint density at radius 2 is 1.90 bits per heavy atom. The minimum Gasteiger partial charge on any atom is -0.393 e. The van der Waals surface area contributed by atoms with E-state index in [2.05, 4.69) is 36.2 Å². The first-order valence-corrected chi connectivity index (χ1v) is 7.33. The number of nitrogens with two attached hydrogens (primary N) is 1.